The van der Waals surface area contributed by atoms with Gasteiger partial charge >= 0.3 is 5.97 Å². The number of hydrogen-bond donors (Lipinski definition) is 0. The fourth-order valence-corrected chi connectivity index (χ4v) is 3.41. The van der Waals surface area contributed by atoms with E-state index in [-0.39, 0.29) is 23.2 Å². The number of piperidine rings is 1. The van der Waals surface area contributed by atoms with Gasteiger partial charge in [0.1, 0.15) is 18.6 Å². The number of carbonyl (C=O) groups is 2. The van der Waals surface area contributed by atoms with E-state index in [1.165, 1.54) is 0 Å². The van der Waals surface area contributed by atoms with Crippen LogP contribution in [0.2, 0.25) is 0 Å². The lowest BCUT2D eigenvalue weighted by atomic mass is 9.80. The van der Waals surface area contributed by atoms with Crippen molar-refractivity contribution in [3.05, 3.63) is 30.3 Å². The zero-order valence-corrected chi connectivity index (χ0v) is 17.2. The van der Waals surface area contributed by atoms with Crippen molar-refractivity contribution in [3.63, 3.8) is 0 Å². The Morgan fingerprint density at radius 3 is 1.92 bits per heavy atom. The number of para-hydroxylation sites is 1. The predicted molar refractivity (Wildman–Crippen MR) is 103 cm³/mol. The summed E-state index contributed by atoms with van der Waals surface area (Å²) in [6.45, 7) is 16.0. The molecule has 1 aromatic rings. The molecule has 1 saturated heterocycles. The van der Waals surface area contributed by atoms with Crippen LogP contribution in [-0.4, -0.2) is 35.0 Å². The first-order valence-electron chi connectivity index (χ1n) is 8.95. The summed E-state index contributed by atoms with van der Waals surface area (Å²) in [6, 6.07) is 9.89. The van der Waals surface area contributed by atoms with Gasteiger partial charge in [-0.05, 0) is 60.6 Å². The Morgan fingerprint density at radius 2 is 1.50 bits per heavy atom. The molecule has 1 aliphatic heterocycles. The standard InChI is InChI=1S/C20H31NO3.CH2O/c1-18(2,3)17(22)24-21-19(4,5)13-16(14-20(21,6)7)23-15-11-9-8-10-12-15;1-2/h8-12,16H,13-14H2,1-7H3;1H2. The van der Waals surface area contributed by atoms with Crippen LogP contribution in [0.3, 0.4) is 0 Å². The number of hydrogen-bond acceptors (Lipinski definition) is 5. The summed E-state index contributed by atoms with van der Waals surface area (Å²) in [6.07, 6.45) is 1.67. The second-order valence-corrected chi connectivity index (χ2v) is 9.01. The van der Waals surface area contributed by atoms with E-state index in [0.29, 0.717) is 0 Å². The number of benzene rings is 1. The molecule has 0 amide bonds. The maximum Gasteiger partial charge on any atom is 0.330 e. The molecule has 0 aliphatic carbocycles. The molecule has 0 saturated carbocycles. The fourth-order valence-electron chi connectivity index (χ4n) is 3.41. The molecule has 0 atom stereocenters. The van der Waals surface area contributed by atoms with Crippen LogP contribution in [0.5, 0.6) is 5.75 Å². The van der Waals surface area contributed by atoms with Crippen molar-refractivity contribution in [2.24, 2.45) is 5.41 Å². The third-order valence-corrected chi connectivity index (χ3v) is 4.39. The molecular weight excluding hydrogens is 330 g/mol. The minimum absolute atomic E-state index is 0.0852. The summed E-state index contributed by atoms with van der Waals surface area (Å²) in [5.74, 6) is 0.681. The zero-order chi connectivity index (χ0) is 20.2. The number of hydroxylamine groups is 2. The van der Waals surface area contributed by atoms with Gasteiger partial charge in [-0.1, -0.05) is 18.2 Å². The molecule has 1 aliphatic rings. The van der Waals surface area contributed by atoms with E-state index in [2.05, 4.69) is 27.7 Å². The summed E-state index contributed by atoms with van der Waals surface area (Å²) < 4.78 is 6.18. The largest absolute Gasteiger partial charge is 0.490 e. The van der Waals surface area contributed by atoms with E-state index in [1.54, 1.807) is 0 Å². The van der Waals surface area contributed by atoms with Gasteiger partial charge < -0.3 is 14.4 Å². The van der Waals surface area contributed by atoms with Gasteiger partial charge in [-0.15, -0.1) is 5.06 Å². The Kier molecular flexibility index (Phi) is 7.00. The Balaban J connectivity index is 0.00000163. The first-order chi connectivity index (χ1) is 11.9. The van der Waals surface area contributed by atoms with Gasteiger partial charge in [0.25, 0.3) is 0 Å². The molecule has 1 fully saturated rings. The van der Waals surface area contributed by atoms with Crippen molar-refractivity contribution in [1.29, 1.82) is 0 Å². The molecule has 0 unspecified atom stereocenters. The van der Waals surface area contributed by atoms with Crippen LogP contribution in [0.15, 0.2) is 30.3 Å². The Morgan fingerprint density at radius 1 is 1.04 bits per heavy atom. The quantitative estimate of drug-likeness (QED) is 0.796. The summed E-state index contributed by atoms with van der Waals surface area (Å²) in [4.78, 5) is 26.2. The van der Waals surface area contributed by atoms with Gasteiger partial charge in [0.15, 0.2) is 0 Å². The van der Waals surface area contributed by atoms with Gasteiger partial charge in [-0.2, -0.15) is 0 Å². The van der Waals surface area contributed by atoms with E-state index >= 15 is 0 Å². The Labute approximate surface area is 157 Å². The molecule has 0 spiro atoms. The van der Waals surface area contributed by atoms with Gasteiger partial charge in [-0.25, -0.2) is 4.79 Å². The first-order valence-corrected chi connectivity index (χ1v) is 8.95. The Bertz CT molecular complexity index is 572. The third kappa shape index (κ3) is 5.56. The summed E-state index contributed by atoms with van der Waals surface area (Å²) in [5, 5.41) is 1.87. The van der Waals surface area contributed by atoms with E-state index in [1.807, 2.05) is 63.0 Å². The molecule has 1 heterocycles. The van der Waals surface area contributed by atoms with Crippen molar-refractivity contribution < 1.29 is 19.2 Å². The third-order valence-electron chi connectivity index (χ3n) is 4.39. The lowest BCUT2D eigenvalue weighted by Gasteiger charge is -2.52. The first kappa shape index (κ1) is 22.2. The maximum atomic E-state index is 12.4. The van der Waals surface area contributed by atoms with Gasteiger partial charge in [0, 0.05) is 12.8 Å². The Hall–Kier alpha value is -1.88. The number of rotatable bonds is 3. The van der Waals surface area contributed by atoms with Crippen LogP contribution in [0.4, 0.5) is 0 Å². The predicted octanol–water partition coefficient (Wildman–Crippen LogP) is 4.41. The smallest absolute Gasteiger partial charge is 0.330 e. The zero-order valence-electron chi connectivity index (χ0n) is 17.2. The second kappa shape index (κ2) is 8.21. The highest BCUT2D eigenvalue weighted by Gasteiger charge is 2.49. The van der Waals surface area contributed by atoms with Crippen molar-refractivity contribution in [1.82, 2.24) is 5.06 Å². The maximum absolute atomic E-state index is 12.4. The fraction of sp³-hybridized carbons (Fsp3) is 0.619. The lowest BCUT2D eigenvalue weighted by molar-refractivity contribution is -0.279. The summed E-state index contributed by atoms with van der Waals surface area (Å²) >= 11 is 0. The molecule has 146 valence electrons. The SMILES string of the molecule is C=O.CC(C)(C)C(=O)ON1C(C)(C)CC(Oc2ccccc2)CC1(C)C. The van der Waals surface area contributed by atoms with Crippen LogP contribution in [0.1, 0.15) is 61.3 Å². The van der Waals surface area contributed by atoms with Crippen LogP contribution >= 0.6 is 0 Å². The van der Waals surface area contributed by atoms with E-state index < -0.39 is 5.41 Å². The van der Waals surface area contributed by atoms with Crippen LogP contribution in [0.25, 0.3) is 0 Å². The molecule has 0 aromatic heterocycles. The molecule has 0 N–H and O–H groups in total. The molecule has 26 heavy (non-hydrogen) atoms. The van der Waals surface area contributed by atoms with Crippen LogP contribution < -0.4 is 4.74 Å². The van der Waals surface area contributed by atoms with Crippen molar-refractivity contribution in [2.45, 2.75) is 78.5 Å². The molecule has 0 radical (unpaired) electrons. The second-order valence-electron chi connectivity index (χ2n) is 9.01. The molecule has 2 rings (SSSR count). The van der Waals surface area contributed by atoms with Crippen LogP contribution in [0, 0.1) is 5.41 Å². The van der Waals surface area contributed by atoms with E-state index in [0.717, 1.165) is 18.6 Å². The molecule has 5 nitrogen and oxygen atoms in total. The summed E-state index contributed by atoms with van der Waals surface area (Å²) in [7, 11) is 0. The minimum atomic E-state index is -0.524. The van der Waals surface area contributed by atoms with Crippen molar-refractivity contribution in [2.75, 3.05) is 0 Å². The highest BCUT2D eigenvalue weighted by atomic mass is 16.7. The number of ether oxygens (including phenoxy) is 1. The number of nitrogens with zero attached hydrogens (tertiary/aromatic N) is 1. The van der Waals surface area contributed by atoms with Crippen molar-refractivity contribution >= 4 is 12.8 Å². The highest BCUT2D eigenvalue weighted by molar-refractivity contribution is 5.75. The minimum Gasteiger partial charge on any atom is -0.490 e. The topological polar surface area (TPSA) is 55.8 Å². The number of carbonyl (C=O) groups excluding carboxylic acids is 2. The van der Waals surface area contributed by atoms with Crippen molar-refractivity contribution in [3.8, 4) is 5.75 Å². The van der Waals surface area contributed by atoms with Gasteiger partial charge in [0.05, 0.1) is 16.5 Å². The average Bonchev–Trinajstić information content (AvgIpc) is 2.52. The van der Waals surface area contributed by atoms with Gasteiger partial charge in [-0.3, -0.25) is 0 Å². The molecule has 1 aromatic carbocycles. The molecule has 5 heteroatoms. The molecular formula is C21H33NO4. The normalized spacial score (nSPS) is 19.8. The molecule has 0 bridgehead atoms. The van der Waals surface area contributed by atoms with Gasteiger partial charge in [0.2, 0.25) is 0 Å². The van der Waals surface area contributed by atoms with E-state index in [9.17, 15) is 4.79 Å². The van der Waals surface area contributed by atoms with Crippen LogP contribution in [-0.2, 0) is 14.4 Å². The monoisotopic (exact) mass is 363 g/mol. The highest BCUT2D eigenvalue weighted by Crippen LogP contribution is 2.40. The van der Waals surface area contributed by atoms with E-state index in [4.69, 9.17) is 14.4 Å². The lowest BCUT2D eigenvalue weighted by Crippen LogP contribution is -2.63. The average molecular weight is 363 g/mol. The summed E-state index contributed by atoms with van der Waals surface area (Å²) in [5.41, 5.74) is -1.13.